The summed E-state index contributed by atoms with van der Waals surface area (Å²) in [6.45, 7) is 0.986. The van der Waals surface area contributed by atoms with Crippen LogP contribution in [0.15, 0.2) is 36.4 Å². The maximum atomic E-state index is 13.6. The number of benzene rings is 2. The molecule has 4 nitrogen and oxygen atoms in total. The fourth-order valence-corrected chi connectivity index (χ4v) is 3.12. The Morgan fingerprint density at radius 2 is 2.00 bits per heavy atom. The standard InChI is InChI=1S/C19H16F4N2O2/c20-16-8-12(4-5-15(16)19(21,22)23)9-18(27)24-17-3-1-2-13-10-25(11-26)7-6-14(13)17/h1-5,8,11H,6-7,9-10H2,(H,24,27). The summed E-state index contributed by atoms with van der Waals surface area (Å²) in [5.41, 5.74) is 1.23. The summed E-state index contributed by atoms with van der Waals surface area (Å²) in [4.78, 5) is 24.8. The molecule has 2 aromatic rings. The summed E-state index contributed by atoms with van der Waals surface area (Å²) in [7, 11) is 0. The van der Waals surface area contributed by atoms with Gasteiger partial charge in [0.05, 0.1) is 12.0 Å². The van der Waals surface area contributed by atoms with Crippen LogP contribution < -0.4 is 5.32 Å². The van der Waals surface area contributed by atoms with E-state index in [0.717, 1.165) is 29.7 Å². The van der Waals surface area contributed by atoms with Gasteiger partial charge in [-0.2, -0.15) is 13.2 Å². The molecule has 1 N–H and O–H groups in total. The predicted octanol–water partition coefficient (Wildman–Crippen LogP) is 3.54. The zero-order chi connectivity index (χ0) is 19.6. The highest BCUT2D eigenvalue weighted by atomic mass is 19.4. The van der Waals surface area contributed by atoms with E-state index in [9.17, 15) is 27.2 Å². The molecule has 0 unspecified atom stereocenters. The molecule has 0 saturated heterocycles. The number of halogens is 4. The van der Waals surface area contributed by atoms with E-state index >= 15 is 0 Å². The minimum absolute atomic E-state index is 0.148. The van der Waals surface area contributed by atoms with Gasteiger partial charge in [-0.15, -0.1) is 0 Å². The number of nitrogens with zero attached hydrogens (tertiary/aromatic N) is 1. The fraction of sp³-hybridized carbons (Fsp3) is 0.263. The van der Waals surface area contributed by atoms with Crippen molar-refractivity contribution in [2.75, 3.05) is 11.9 Å². The lowest BCUT2D eigenvalue weighted by molar-refractivity contribution is -0.140. The van der Waals surface area contributed by atoms with Gasteiger partial charge in [0.15, 0.2) is 0 Å². The van der Waals surface area contributed by atoms with Crippen LogP contribution >= 0.6 is 0 Å². The van der Waals surface area contributed by atoms with E-state index in [-0.39, 0.29) is 12.0 Å². The lowest BCUT2D eigenvalue weighted by Crippen LogP contribution is -2.30. The number of carbonyl (C=O) groups excluding carboxylic acids is 2. The van der Waals surface area contributed by atoms with Gasteiger partial charge in [-0.1, -0.05) is 18.2 Å². The number of amides is 2. The molecule has 3 rings (SSSR count). The first-order valence-corrected chi connectivity index (χ1v) is 8.23. The molecule has 0 atom stereocenters. The highest BCUT2D eigenvalue weighted by molar-refractivity contribution is 5.93. The van der Waals surface area contributed by atoms with E-state index in [2.05, 4.69) is 5.32 Å². The van der Waals surface area contributed by atoms with E-state index in [4.69, 9.17) is 0 Å². The van der Waals surface area contributed by atoms with Crippen molar-refractivity contribution in [1.82, 2.24) is 4.90 Å². The second-order valence-corrected chi connectivity index (χ2v) is 6.31. The van der Waals surface area contributed by atoms with E-state index in [1.165, 1.54) is 0 Å². The first-order valence-electron chi connectivity index (χ1n) is 8.23. The topological polar surface area (TPSA) is 49.4 Å². The molecule has 27 heavy (non-hydrogen) atoms. The third kappa shape index (κ3) is 4.27. The first kappa shape index (κ1) is 18.9. The van der Waals surface area contributed by atoms with Crippen LogP contribution in [0.25, 0.3) is 0 Å². The van der Waals surface area contributed by atoms with E-state index in [0.29, 0.717) is 31.3 Å². The SMILES string of the molecule is O=CN1CCc2c(cccc2NC(=O)Cc2ccc(C(F)(F)F)c(F)c2)C1. The van der Waals surface area contributed by atoms with Crippen molar-refractivity contribution in [1.29, 1.82) is 0 Å². The Bertz CT molecular complexity index is 880. The molecule has 0 radical (unpaired) electrons. The normalized spacial score (nSPS) is 13.9. The van der Waals surface area contributed by atoms with Gasteiger partial charge in [-0.05, 0) is 41.3 Å². The Hall–Kier alpha value is -2.90. The van der Waals surface area contributed by atoms with Crippen molar-refractivity contribution in [2.24, 2.45) is 0 Å². The van der Waals surface area contributed by atoms with Crippen LogP contribution in [0.5, 0.6) is 0 Å². The minimum Gasteiger partial charge on any atom is -0.341 e. The molecule has 0 bridgehead atoms. The number of nitrogens with one attached hydrogen (secondary N) is 1. The van der Waals surface area contributed by atoms with Gasteiger partial charge in [0.25, 0.3) is 0 Å². The maximum absolute atomic E-state index is 13.6. The Kier molecular flexibility index (Phi) is 5.16. The Labute approximate surface area is 152 Å². The molecular formula is C19H16F4N2O2. The van der Waals surface area contributed by atoms with Crippen LogP contribution in [0, 0.1) is 5.82 Å². The molecule has 0 fully saturated rings. The monoisotopic (exact) mass is 380 g/mol. The largest absolute Gasteiger partial charge is 0.419 e. The van der Waals surface area contributed by atoms with Crippen LogP contribution in [0.2, 0.25) is 0 Å². The Morgan fingerprint density at radius 3 is 2.67 bits per heavy atom. The number of hydrogen-bond acceptors (Lipinski definition) is 2. The molecule has 2 aromatic carbocycles. The maximum Gasteiger partial charge on any atom is 0.419 e. The van der Waals surface area contributed by atoms with E-state index in [1.807, 2.05) is 6.07 Å². The summed E-state index contributed by atoms with van der Waals surface area (Å²) in [5, 5.41) is 2.73. The number of hydrogen-bond donors (Lipinski definition) is 1. The molecule has 0 aromatic heterocycles. The molecule has 142 valence electrons. The van der Waals surface area contributed by atoms with Crippen LogP contribution in [0.1, 0.15) is 22.3 Å². The van der Waals surface area contributed by atoms with Crippen LogP contribution in [-0.2, 0) is 35.2 Å². The smallest absolute Gasteiger partial charge is 0.341 e. The van der Waals surface area contributed by atoms with Crippen molar-refractivity contribution in [3.05, 3.63) is 64.5 Å². The first-order chi connectivity index (χ1) is 12.8. The molecule has 1 heterocycles. The van der Waals surface area contributed by atoms with Gasteiger partial charge in [0.1, 0.15) is 5.82 Å². The second kappa shape index (κ2) is 7.38. The quantitative estimate of drug-likeness (QED) is 0.652. The Morgan fingerprint density at radius 1 is 1.22 bits per heavy atom. The second-order valence-electron chi connectivity index (χ2n) is 6.31. The summed E-state index contributed by atoms with van der Waals surface area (Å²) < 4.78 is 51.4. The van der Waals surface area contributed by atoms with Crippen LogP contribution in [0.4, 0.5) is 23.2 Å². The molecule has 2 amide bonds. The van der Waals surface area contributed by atoms with Crippen molar-refractivity contribution in [2.45, 2.75) is 25.6 Å². The lowest BCUT2D eigenvalue weighted by Gasteiger charge is -2.27. The average Bonchev–Trinajstić information content (AvgIpc) is 2.60. The van der Waals surface area contributed by atoms with Crippen molar-refractivity contribution < 1.29 is 27.2 Å². The van der Waals surface area contributed by atoms with E-state index < -0.39 is 23.5 Å². The third-order valence-electron chi connectivity index (χ3n) is 4.42. The number of fused-ring (bicyclic) bond motifs is 1. The van der Waals surface area contributed by atoms with Gasteiger partial charge in [0.2, 0.25) is 12.3 Å². The molecule has 1 aliphatic rings. The fourth-order valence-electron chi connectivity index (χ4n) is 3.12. The van der Waals surface area contributed by atoms with Crippen molar-refractivity contribution >= 4 is 18.0 Å². The molecule has 0 spiro atoms. The zero-order valence-electron chi connectivity index (χ0n) is 14.1. The van der Waals surface area contributed by atoms with Gasteiger partial charge in [-0.25, -0.2) is 4.39 Å². The molecule has 8 heteroatoms. The highest BCUT2D eigenvalue weighted by Gasteiger charge is 2.34. The molecular weight excluding hydrogens is 364 g/mol. The van der Waals surface area contributed by atoms with Crippen LogP contribution in [0.3, 0.4) is 0 Å². The zero-order valence-corrected chi connectivity index (χ0v) is 14.1. The summed E-state index contributed by atoms with van der Waals surface area (Å²) in [6, 6.07) is 7.79. The van der Waals surface area contributed by atoms with E-state index in [1.54, 1.807) is 17.0 Å². The minimum atomic E-state index is -4.77. The summed E-state index contributed by atoms with van der Waals surface area (Å²) in [6.07, 6.45) is -3.67. The van der Waals surface area contributed by atoms with Gasteiger partial charge in [-0.3, -0.25) is 9.59 Å². The average molecular weight is 380 g/mol. The number of alkyl halides is 3. The number of carbonyl (C=O) groups is 2. The summed E-state index contributed by atoms with van der Waals surface area (Å²) >= 11 is 0. The molecule has 0 saturated carbocycles. The van der Waals surface area contributed by atoms with Gasteiger partial charge >= 0.3 is 6.18 Å². The van der Waals surface area contributed by atoms with Gasteiger partial charge in [0, 0.05) is 18.8 Å². The molecule has 0 aliphatic carbocycles. The lowest BCUT2D eigenvalue weighted by atomic mass is 9.98. The van der Waals surface area contributed by atoms with Crippen molar-refractivity contribution in [3.8, 4) is 0 Å². The number of anilines is 1. The van der Waals surface area contributed by atoms with Crippen molar-refractivity contribution in [3.63, 3.8) is 0 Å². The predicted molar refractivity (Wildman–Crippen MR) is 90.4 cm³/mol. The third-order valence-corrected chi connectivity index (χ3v) is 4.42. The Balaban J connectivity index is 1.72. The molecule has 1 aliphatic heterocycles. The highest BCUT2D eigenvalue weighted by Crippen LogP contribution is 2.32. The summed E-state index contributed by atoms with van der Waals surface area (Å²) in [5.74, 6) is -1.86. The van der Waals surface area contributed by atoms with Crippen LogP contribution in [-0.4, -0.2) is 23.8 Å². The number of rotatable bonds is 4. The van der Waals surface area contributed by atoms with Gasteiger partial charge < -0.3 is 10.2 Å².